The van der Waals surface area contributed by atoms with Crippen LogP contribution in [0.3, 0.4) is 0 Å². The van der Waals surface area contributed by atoms with Crippen molar-refractivity contribution in [3.8, 4) is 11.4 Å². The lowest BCUT2D eigenvalue weighted by Crippen LogP contribution is -2.48. The monoisotopic (exact) mass is 613 g/mol. The molecule has 0 unspecified atom stereocenters. The van der Waals surface area contributed by atoms with Gasteiger partial charge in [-0.15, -0.1) is 0 Å². The minimum atomic E-state index is -4.37. The van der Waals surface area contributed by atoms with Gasteiger partial charge in [-0.25, -0.2) is 4.98 Å². The van der Waals surface area contributed by atoms with Gasteiger partial charge >= 0.3 is 6.18 Å². The zero-order chi connectivity index (χ0) is 30.1. The third-order valence-corrected chi connectivity index (χ3v) is 9.67. The molecule has 0 spiro atoms. The van der Waals surface area contributed by atoms with E-state index in [1.807, 2.05) is 12.1 Å². The van der Waals surface area contributed by atoms with Gasteiger partial charge in [-0.05, 0) is 74.2 Å². The molecule has 12 heteroatoms. The van der Waals surface area contributed by atoms with Gasteiger partial charge in [0, 0.05) is 42.9 Å². The first-order valence-electron chi connectivity index (χ1n) is 14.7. The number of halogens is 3. The average molecular weight is 614 g/mol. The Morgan fingerprint density at radius 1 is 1.09 bits per heavy atom. The van der Waals surface area contributed by atoms with Gasteiger partial charge in [0.15, 0.2) is 5.16 Å². The highest BCUT2D eigenvalue weighted by molar-refractivity contribution is 7.99. The van der Waals surface area contributed by atoms with E-state index in [0.29, 0.717) is 71.9 Å². The molecule has 2 aliphatic carbocycles. The van der Waals surface area contributed by atoms with Crippen molar-refractivity contribution in [2.75, 3.05) is 18.8 Å². The van der Waals surface area contributed by atoms with E-state index < -0.39 is 11.7 Å². The lowest BCUT2D eigenvalue weighted by atomic mass is 9.89. The number of alkyl halides is 3. The fraction of sp³-hybridized carbons (Fsp3) is 0.452. The number of aromatic nitrogens is 2. The van der Waals surface area contributed by atoms with Gasteiger partial charge in [0.05, 0.1) is 29.1 Å². The Hall–Kier alpha value is -3.51. The van der Waals surface area contributed by atoms with E-state index in [1.165, 1.54) is 18.6 Å². The predicted molar refractivity (Wildman–Crippen MR) is 158 cm³/mol. The van der Waals surface area contributed by atoms with E-state index in [0.717, 1.165) is 30.7 Å². The van der Waals surface area contributed by atoms with Gasteiger partial charge in [-0.1, -0.05) is 18.2 Å². The largest absolute Gasteiger partial charge is 0.490 e. The lowest BCUT2D eigenvalue weighted by Gasteiger charge is -2.36. The van der Waals surface area contributed by atoms with E-state index in [1.54, 1.807) is 33.4 Å². The molecule has 1 aromatic heterocycles. The first kappa shape index (κ1) is 29.6. The maximum Gasteiger partial charge on any atom is 0.416 e. The lowest BCUT2D eigenvalue weighted by molar-refractivity contribution is -0.137. The summed E-state index contributed by atoms with van der Waals surface area (Å²) in [6.45, 7) is 1.24. The molecule has 8 nitrogen and oxygen atoms in total. The number of fused-ring (bicyclic) bond motifs is 1. The molecule has 6 rings (SSSR count). The van der Waals surface area contributed by atoms with E-state index in [4.69, 9.17) is 15.5 Å². The minimum Gasteiger partial charge on any atom is -0.490 e. The molecule has 43 heavy (non-hydrogen) atoms. The van der Waals surface area contributed by atoms with Gasteiger partial charge in [0.2, 0.25) is 5.91 Å². The van der Waals surface area contributed by atoms with E-state index in [9.17, 15) is 22.8 Å². The number of thioether (sulfide) groups is 1. The second kappa shape index (κ2) is 12.2. The number of benzene rings is 2. The topological polar surface area (TPSA) is 102 Å². The van der Waals surface area contributed by atoms with Gasteiger partial charge < -0.3 is 20.7 Å². The predicted octanol–water partition coefficient (Wildman–Crippen LogP) is 4.95. The summed E-state index contributed by atoms with van der Waals surface area (Å²) in [6, 6.07) is 12.1. The Morgan fingerprint density at radius 3 is 2.47 bits per heavy atom. The summed E-state index contributed by atoms with van der Waals surface area (Å²) in [5.74, 6) is 0.386. The van der Waals surface area contributed by atoms with Crippen molar-refractivity contribution in [2.24, 2.45) is 0 Å². The molecule has 2 aromatic carbocycles. The van der Waals surface area contributed by atoms with Crippen molar-refractivity contribution < 1.29 is 22.7 Å². The Morgan fingerprint density at radius 2 is 1.81 bits per heavy atom. The van der Waals surface area contributed by atoms with Crippen molar-refractivity contribution in [1.82, 2.24) is 19.8 Å². The highest BCUT2D eigenvalue weighted by Crippen LogP contribution is 2.37. The van der Waals surface area contributed by atoms with Crippen LogP contribution in [0.1, 0.15) is 55.3 Å². The Labute approximate surface area is 251 Å². The normalized spacial score (nSPS) is 20.2. The van der Waals surface area contributed by atoms with Crippen LogP contribution in [-0.2, 0) is 23.9 Å². The van der Waals surface area contributed by atoms with Crippen LogP contribution in [0.5, 0.6) is 5.75 Å². The molecule has 0 radical (unpaired) electrons. The second-order valence-corrected chi connectivity index (χ2v) is 12.7. The van der Waals surface area contributed by atoms with Crippen molar-refractivity contribution in [3.63, 3.8) is 0 Å². The summed E-state index contributed by atoms with van der Waals surface area (Å²) in [4.78, 5) is 33.6. The fourth-order valence-corrected chi connectivity index (χ4v) is 6.84. The molecule has 2 fully saturated rings. The maximum absolute atomic E-state index is 13.8. The SMILES string of the molecule is Nc1ccc(-n2c(SC3CCC3)nc3c(c2=O)CN(C(=O)CCNC2CC(Oc4ccc(C(F)(F)F)cc4)C2)CC3)cc1. The van der Waals surface area contributed by atoms with Crippen molar-refractivity contribution in [1.29, 1.82) is 0 Å². The summed E-state index contributed by atoms with van der Waals surface area (Å²) >= 11 is 1.66. The molecule has 2 saturated carbocycles. The molecule has 2 heterocycles. The van der Waals surface area contributed by atoms with Crippen molar-refractivity contribution in [3.05, 3.63) is 75.7 Å². The first-order chi connectivity index (χ1) is 20.6. The molecule has 3 aliphatic rings. The Balaban J connectivity index is 1.02. The van der Waals surface area contributed by atoms with Gasteiger partial charge in [0.1, 0.15) is 11.9 Å². The highest BCUT2D eigenvalue weighted by Gasteiger charge is 2.33. The molecule has 1 aliphatic heterocycles. The molecule has 0 atom stereocenters. The van der Waals surface area contributed by atoms with Crippen LogP contribution in [0.15, 0.2) is 58.5 Å². The molecule has 3 aromatic rings. The summed E-state index contributed by atoms with van der Waals surface area (Å²) in [7, 11) is 0. The summed E-state index contributed by atoms with van der Waals surface area (Å²) < 4.78 is 45.7. The van der Waals surface area contributed by atoms with Gasteiger partial charge in [-0.3, -0.25) is 14.2 Å². The van der Waals surface area contributed by atoms with Crippen LogP contribution >= 0.6 is 11.8 Å². The number of amides is 1. The van der Waals surface area contributed by atoms with E-state index in [-0.39, 0.29) is 30.2 Å². The number of rotatable bonds is 9. The quantitative estimate of drug-likeness (QED) is 0.260. The van der Waals surface area contributed by atoms with Crippen LogP contribution < -0.4 is 21.3 Å². The average Bonchev–Trinajstić information content (AvgIpc) is 2.94. The number of carbonyl (C=O) groups is 1. The number of nitrogens with zero attached hydrogens (tertiary/aromatic N) is 3. The van der Waals surface area contributed by atoms with Crippen LogP contribution in [0.25, 0.3) is 5.69 Å². The third-order valence-electron chi connectivity index (χ3n) is 8.38. The Bertz CT molecular complexity index is 1520. The fourth-order valence-electron chi connectivity index (χ4n) is 5.52. The summed E-state index contributed by atoms with van der Waals surface area (Å²) in [6.07, 6.45) is 1.23. The van der Waals surface area contributed by atoms with Crippen molar-refractivity contribution >= 4 is 23.4 Å². The van der Waals surface area contributed by atoms with Crippen LogP contribution in [0.4, 0.5) is 18.9 Å². The molecular formula is C31H34F3N5O3S. The molecule has 1 amide bonds. The van der Waals surface area contributed by atoms with Crippen LogP contribution in [0.2, 0.25) is 0 Å². The number of ether oxygens (including phenoxy) is 1. The number of nitrogens with one attached hydrogen (secondary N) is 1. The maximum atomic E-state index is 13.8. The molecular weight excluding hydrogens is 579 g/mol. The van der Waals surface area contributed by atoms with Gasteiger partial charge in [0.25, 0.3) is 5.56 Å². The third kappa shape index (κ3) is 6.70. The smallest absolute Gasteiger partial charge is 0.416 e. The zero-order valence-corrected chi connectivity index (χ0v) is 24.4. The molecule has 3 N–H and O–H groups in total. The van der Waals surface area contributed by atoms with Crippen LogP contribution in [0, 0.1) is 0 Å². The number of hydrogen-bond donors (Lipinski definition) is 2. The molecule has 0 bridgehead atoms. The number of anilines is 1. The number of nitrogen functional groups attached to an aromatic ring is 1. The van der Waals surface area contributed by atoms with E-state index >= 15 is 0 Å². The molecule has 0 saturated heterocycles. The number of carbonyl (C=O) groups excluding carboxylic acids is 1. The summed E-state index contributed by atoms with van der Waals surface area (Å²) in [5, 5.41) is 4.53. The number of nitrogens with two attached hydrogens (primary N) is 1. The standard InChI is InChI=1S/C31H34F3N5O3S/c32-31(33,34)19-4-10-23(11-5-19)42-24-16-21(17-24)36-14-12-28(40)38-15-13-27-26(18-38)29(41)39(22-8-6-20(35)7-9-22)30(37-27)43-25-2-1-3-25/h4-11,21,24-25,36H,1-3,12-18,35H2. The first-order valence-corrected chi connectivity index (χ1v) is 15.5. The second-order valence-electron chi connectivity index (χ2n) is 11.4. The highest BCUT2D eigenvalue weighted by atomic mass is 32.2. The van der Waals surface area contributed by atoms with Crippen molar-refractivity contribution in [2.45, 2.75) is 80.2 Å². The Kier molecular flexibility index (Phi) is 8.41. The molecule has 228 valence electrons. The number of hydrogen-bond acceptors (Lipinski definition) is 7. The minimum absolute atomic E-state index is 0.0265. The summed E-state index contributed by atoms with van der Waals surface area (Å²) in [5.41, 5.74) is 7.71. The van der Waals surface area contributed by atoms with Crippen LogP contribution in [-0.4, -0.2) is 50.8 Å². The van der Waals surface area contributed by atoms with E-state index in [2.05, 4.69) is 5.32 Å². The zero-order valence-electron chi connectivity index (χ0n) is 23.6. The van der Waals surface area contributed by atoms with Gasteiger partial charge in [-0.2, -0.15) is 13.2 Å².